The van der Waals surface area contributed by atoms with Crippen molar-refractivity contribution in [3.8, 4) is 0 Å². The van der Waals surface area contributed by atoms with Crippen LogP contribution < -0.4 is 0 Å². The molecular formula is C17H28N2O2. The van der Waals surface area contributed by atoms with Crippen LogP contribution in [0, 0.1) is 5.92 Å². The molecule has 0 saturated carbocycles. The predicted octanol–water partition coefficient (Wildman–Crippen LogP) is 3.49. The molecule has 118 valence electrons. The van der Waals surface area contributed by atoms with Gasteiger partial charge in [0.05, 0.1) is 0 Å². The van der Waals surface area contributed by atoms with Crippen LogP contribution in [0.15, 0.2) is 24.3 Å². The highest BCUT2D eigenvalue weighted by molar-refractivity contribution is 5.64. The molecule has 0 radical (unpaired) electrons. The van der Waals surface area contributed by atoms with Crippen LogP contribution in [0.5, 0.6) is 0 Å². The van der Waals surface area contributed by atoms with Crippen molar-refractivity contribution in [1.29, 1.82) is 0 Å². The molecule has 0 spiro atoms. The van der Waals surface area contributed by atoms with E-state index < -0.39 is 6.09 Å². The fraction of sp³-hybridized carbons (Fsp3) is 0.588. The van der Waals surface area contributed by atoms with Crippen LogP contribution in [-0.2, 0) is 6.54 Å². The fourth-order valence-electron chi connectivity index (χ4n) is 2.93. The summed E-state index contributed by atoms with van der Waals surface area (Å²) in [6.45, 7) is 5.98. The third kappa shape index (κ3) is 5.38. The van der Waals surface area contributed by atoms with E-state index in [1.807, 2.05) is 12.1 Å². The van der Waals surface area contributed by atoms with Crippen LogP contribution >= 0.6 is 0 Å². The van der Waals surface area contributed by atoms with E-state index in [2.05, 4.69) is 45.0 Å². The minimum Gasteiger partial charge on any atom is -0.465 e. The molecule has 0 bridgehead atoms. The number of nitrogens with zero attached hydrogens (tertiary/aromatic N) is 2. The number of amides is 1. The topological polar surface area (TPSA) is 43.8 Å². The summed E-state index contributed by atoms with van der Waals surface area (Å²) in [6.07, 6.45) is 0.196. The van der Waals surface area contributed by atoms with Crippen LogP contribution in [0.3, 0.4) is 0 Å². The zero-order valence-corrected chi connectivity index (χ0v) is 13.8. The fourth-order valence-corrected chi connectivity index (χ4v) is 2.93. The second kappa shape index (κ2) is 8.03. The molecular weight excluding hydrogens is 264 g/mol. The highest BCUT2D eigenvalue weighted by Gasteiger charge is 2.18. The Kier molecular flexibility index (Phi) is 6.69. The van der Waals surface area contributed by atoms with Gasteiger partial charge in [-0.3, -0.25) is 0 Å². The average Bonchev–Trinajstić information content (AvgIpc) is 2.38. The van der Waals surface area contributed by atoms with Gasteiger partial charge >= 0.3 is 6.09 Å². The molecule has 1 aromatic rings. The highest BCUT2D eigenvalue weighted by Crippen LogP contribution is 2.29. The zero-order valence-electron chi connectivity index (χ0n) is 13.8. The largest absolute Gasteiger partial charge is 0.465 e. The summed E-state index contributed by atoms with van der Waals surface area (Å²) in [4.78, 5) is 14.5. The predicted molar refractivity (Wildman–Crippen MR) is 86.7 cm³/mol. The van der Waals surface area contributed by atoms with Crippen molar-refractivity contribution in [3.63, 3.8) is 0 Å². The van der Waals surface area contributed by atoms with Crippen molar-refractivity contribution >= 4 is 6.09 Å². The minimum absolute atomic E-state index is 0.432. The average molecular weight is 292 g/mol. The van der Waals surface area contributed by atoms with Crippen molar-refractivity contribution in [2.24, 2.45) is 5.92 Å². The van der Waals surface area contributed by atoms with E-state index in [9.17, 15) is 4.79 Å². The molecule has 1 amide bonds. The molecule has 0 unspecified atom stereocenters. The zero-order chi connectivity index (χ0) is 16.0. The molecule has 4 heteroatoms. The van der Waals surface area contributed by atoms with Crippen molar-refractivity contribution in [2.75, 3.05) is 27.7 Å². The van der Waals surface area contributed by atoms with Gasteiger partial charge in [-0.05, 0) is 43.5 Å². The first-order chi connectivity index (χ1) is 9.85. The van der Waals surface area contributed by atoms with Gasteiger partial charge in [0.1, 0.15) is 0 Å². The van der Waals surface area contributed by atoms with Gasteiger partial charge in [0.2, 0.25) is 0 Å². The molecule has 2 atom stereocenters. The molecule has 0 aromatic heterocycles. The van der Waals surface area contributed by atoms with Gasteiger partial charge in [-0.15, -0.1) is 0 Å². The Balaban J connectivity index is 2.88. The first kappa shape index (κ1) is 17.5. The standard InChI is InChI=1S/C17H28N2O2/c1-6-16(13(2)11-18(3)4)15-9-7-8-14(10-15)12-19(5)17(20)21/h7-10,13,16H,6,11-12H2,1-5H3,(H,20,21)/t13-,16+/m0/s1. The quantitative estimate of drug-likeness (QED) is 0.836. The Bertz CT molecular complexity index is 460. The maximum absolute atomic E-state index is 10.9. The summed E-state index contributed by atoms with van der Waals surface area (Å²) in [6, 6.07) is 8.34. The maximum Gasteiger partial charge on any atom is 0.407 e. The lowest BCUT2D eigenvalue weighted by Gasteiger charge is -2.26. The highest BCUT2D eigenvalue weighted by atomic mass is 16.4. The Morgan fingerprint density at radius 2 is 1.95 bits per heavy atom. The summed E-state index contributed by atoms with van der Waals surface area (Å²) in [7, 11) is 5.80. The molecule has 0 aliphatic rings. The number of carbonyl (C=O) groups is 1. The van der Waals surface area contributed by atoms with E-state index in [-0.39, 0.29) is 0 Å². The van der Waals surface area contributed by atoms with Gasteiger partial charge in [0.25, 0.3) is 0 Å². The van der Waals surface area contributed by atoms with E-state index in [0.717, 1.165) is 18.5 Å². The molecule has 0 saturated heterocycles. The minimum atomic E-state index is -0.895. The normalized spacial score (nSPS) is 14.0. The smallest absolute Gasteiger partial charge is 0.407 e. The van der Waals surface area contributed by atoms with Gasteiger partial charge in [-0.25, -0.2) is 4.79 Å². The lowest BCUT2D eigenvalue weighted by molar-refractivity contribution is 0.153. The van der Waals surface area contributed by atoms with Gasteiger partial charge in [-0.1, -0.05) is 38.1 Å². The van der Waals surface area contributed by atoms with E-state index >= 15 is 0 Å². The molecule has 1 rings (SSSR count). The summed E-state index contributed by atoms with van der Waals surface area (Å²) < 4.78 is 0. The van der Waals surface area contributed by atoms with E-state index in [0.29, 0.717) is 18.4 Å². The van der Waals surface area contributed by atoms with Gasteiger partial charge in [-0.2, -0.15) is 0 Å². The monoisotopic (exact) mass is 292 g/mol. The SMILES string of the molecule is CC[C@@H](c1cccc(CN(C)C(=O)O)c1)[C@@H](C)CN(C)C. The van der Waals surface area contributed by atoms with Crippen molar-refractivity contribution < 1.29 is 9.90 Å². The van der Waals surface area contributed by atoms with Crippen LogP contribution in [0.2, 0.25) is 0 Å². The summed E-state index contributed by atoms with van der Waals surface area (Å²) >= 11 is 0. The van der Waals surface area contributed by atoms with Gasteiger partial charge in [0.15, 0.2) is 0 Å². The second-order valence-electron chi connectivity index (χ2n) is 6.14. The van der Waals surface area contributed by atoms with Gasteiger partial charge in [0, 0.05) is 20.1 Å². The number of rotatable bonds is 7. The van der Waals surface area contributed by atoms with Crippen molar-refractivity contribution in [2.45, 2.75) is 32.7 Å². The van der Waals surface area contributed by atoms with E-state index in [1.54, 1.807) is 7.05 Å². The lowest BCUT2D eigenvalue weighted by atomic mass is 9.84. The summed E-state index contributed by atoms with van der Waals surface area (Å²) in [5, 5.41) is 8.98. The lowest BCUT2D eigenvalue weighted by Crippen LogP contribution is -2.25. The molecule has 0 heterocycles. The summed E-state index contributed by atoms with van der Waals surface area (Å²) in [5.74, 6) is 1.07. The Morgan fingerprint density at radius 1 is 1.29 bits per heavy atom. The molecule has 0 aliphatic carbocycles. The Labute approximate surface area is 128 Å². The number of hydrogen-bond donors (Lipinski definition) is 1. The molecule has 1 aromatic carbocycles. The third-order valence-corrected chi connectivity index (χ3v) is 3.91. The van der Waals surface area contributed by atoms with Crippen LogP contribution in [0.25, 0.3) is 0 Å². The molecule has 1 N–H and O–H groups in total. The first-order valence-electron chi connectivity index (χ1n) is 7.52. The summed E-state index contributed by atoms with van der Waals surface area (Å²) in [5.41, 5.74) is 2.36. The van der Waals surface area contributed by atoms with Crippen LogP contribution in [0.1, 0.15) is 37.3 Å². The Morgan fingerprint density at radius 3 is 2.48 bits per heavy atom. The van der Waals surface area contributed by atoms with Crippen LogP contribution in [-0.4, -0.2) is 48.7 Å². The molecule has 21 heavy (non-hydrogen) atoms. The maximum atomic E-state index is 10.9. The van der Waals surface area contributed by atoms with E-state index in [1.165, 1.54) is 10.5 Å². The van der Waals surface area contributed by atoms with E-state index in [4.69, 9.17) is 5.11 Å². The van der Waals surface area contributed by atoms with Crippen LogP contribution in [0.4, 0.5) is 4.79 Å². The molecule has 4 nitrogen and oxygen atoms in total. The third-order valence-electron chi connectivity index (χ3n) is 3.91. The second-order valence-corrected chi connectivity index (χ2v) is 6.14. The molecule has 0 aliphatic heterocycles. The first-order valence-corrected chi connectivity index (χ1v) is 7.52. The number of hydrogen-bond acceptors (Lipinski definition) is 2. The number of carboxylic acid groups (broad SMARTS) is 1. The number of benzene rings is 1. The van der Waals surface area contributed by atoms with Crippen molar-refractivity contribution in [3.05, 3.63) is 35.4 Å². The Hall–Kier alpha value is -1.55. The molecule has 0 fully saturated rings. The van der Waals surface area contributed by atoms with Gasteiger partial charge < -0.3 is 14.9 Å². The van der Waals surface area contributed by atoms with Crippen molar-refractivity contribution in [1.82, 2.24) is 9.80 Å².